The van der Waals surface area contributed by atoms with Gasteiger partial charge < -0.3 is 4.74 Å². The van der Waals surface area contributed by atoms with E-state index in [2.05, 4.69) is 26.0 Å². The molecule has 1 nitrogen and oxygen atoms in total. The first-order valence-electron chi connectivity index (χ1n) is 6.12. The predicted octanol–water partition coefficient (Wildman–Crippen LogP) is 4.56. The maximum Gasteiger partial charge on any atom is 0.119 e. The number of alkyl halides is 1. The molecule has 0 radical (unpaired) electrons. The average molecular weight is 241 g/mol. The molecule has 90 valence electrons. The maximum absolute atomic E-state index is 5.91. The van der Waals surface area contributed by atoms with Crippen LogP contribution in [0.25, 0.3) is 0 Å². The molecular weight excluding hydrogens is 220 g/mol. The van der Waals surface area contributed by atoms with E-state index in [-0.39, 0.29) is 0 Å². The third-order valence-corrected chi connectivity index (χ3v) is 2.90. The van der Waals surface area contributed by atoms with Gasteiger partial charge in [-0.1, -0.05) is 32.8 Å². The van der Waals surface area contributed by atoms with Crippen LogP contribution < -0.4 is 4.74 Å². The minimum Gasteiger partial charge on any atom is -0.494 e. The summed E-state index contributed by atoms with van der Waals surface area (Å²) in [5.41, 5.74) is 2.55. The van der Waals surface area contributed by atoms with Gasteiger partial charge in [0.05, 0.1) is 6.61 Å². The van der Waals surface area contributed by atoms with Crippen LogP contribution in [-0.4, -0.2) is 6.61 Å². The normalized spacial score (nSPS) is 10.4. The van der Waals surface area contributed by atoms with E-state index >= 15 is 0 Å². The first kappa shape index (κ1) is 13.4. The predicted molar refractivity (Wildman–Crippen MR) is 70.4 cm³/mol. The van der Waals surface area contributed by atoms with Gasteiger partial charge in [-0.15, -0.1) is 11.6 Å². The number of unbranched alkanes of at least 4 members (excludes halogenated alkanes) is 1. The molecule has 1 aromatic rings. The summed E-state index contributed by atoms with van der Waals surface area (Å²) in [6.07, 6.45) is 4.50. The number of ether oxygens (including phenoxy) is 1. The molecule has 0 aliphatic heterocycles. The molecule has 0 amide bonds. The molecule has 0 N–H and O–H groups in total. The van der Waals surface area contributed by atoms with Gasteiger partial charge in [0, 0.05) is 5.88 Å². The number of aryl methyl sites for hydroxylation is 1. The molecule has 0 unspecified atom stereocenters. The molecule has 0 saturated heterocycles. The Bertz CT molecular complexity index is 310. The summed E-state index contributed by atoms with van der Waals surface area (Å²) in [5, 5.41) is 0. The number of hydrogen-bond donors (Lipinski definition) is 0. The second kappa shape index (κ2) is 7.56. The Morgan fingerprint density at radius 1 is 1.12 bits per heavy atom. The lowest BCUT2D eigenvalue weighted by Gasteiger charge is -2.10. The Kier molecular flexibility index (Phi) is 6.32. The van der Waals surface area contributed by atoms with Crippen LogP contribution in [0.5, 0.6) is 5.75 Å². The lowest BCUT2D eigenvalue weighted by atomic mass is 10.0. The van der Waals surface area contributed by atoms with Crippen molar-refractivity contribution in [1.82, 2.24) is 0 Å². The standard InChI is InChI=1S/C14H21ClO/c1-3-5-9-16-14-8-7-13(11-15)12(10-14)6-4-2/h7-8,10H,3-6,9,11H2,1-2H3. The van der Waals surface area contributed by atoms with E-state index in [0.717, 1.165) is 31.6 Å². The van der Waals surface area contributed by atoms with Crippen LogP contribution >= 0.6 is 11.6 Å². The summed E-state index contributed by atoms with van der Waals surface area (Å²) < 4.78 is 5.69. The van der Waals surface area contributed by atoms with Gasteiger partial charge in [0.15, 0.2) is 0 Å². The molecule has 0 saturated carbocycles. The molecule has 0 fully saturated rings. The van der Waals surface area contributed by atoms with Crippen molar-refractivity contribution in [3.63, 3.8) is 0 Å². The molecule has 0 aliphatic rings. The second-order valence-electron chi connectivity index (χ2n) is 4.02. The van der Waals surface area contributed by atoms with Gasteiger partial charge in [-0.3, -0.25) is 0 Å². The first-order chi connectivity index (χ1) is 7.81. The second-order valence-corrected chi connectivity index (χ2v) is 4.28. The van der Waals surface area contributed by atoms with Crippen molar-refractivity contribution < 1.29 is 4.74 Å². The van der Waals surface area contributed by atoms with Crippen molar-refractivity contribution in [2.45, 2.75) is 45.4 Å². The van der Waals surface area contributed by atoms with Gasteiger partial charge in [0.25, 0.3) is 0 Å². The number of hydrogen-bond acceptors (Lipinski definition) is 1. The SMILES string of the molecule is CCCCOc1ccc(CCl)c(CCC)c1. The van der Waals surface area contributed by atoms with Crippen molar-refractivity contribution in [3.8, 4) is 5.75 Å². The lowest BCUT2D eigenvalue weighted by molar-refractivity contribution is 0.309. The zero-order chi connectivity index (χ0) is 11.8. The topological polar surface area (TPSA) is 9.23 Å². The van der Waals surface area contributed by atoms with E-state index in [1.54, 1.807) is 0 Å². The van der Waals surface area contributed by atoms with Gasteiger partial charge in [-0.05, 0) is 36.1 Å². The largest absolute Gasteiger partial charge is 0.494 e. The Labute approximate surface area is 104 Å². The summed E-state index contributed by atoms with van der Waals surface area (Å²) >= 11 is 5.91. The maximum atomic E-state index is 5.91. The van der Waals surface area contributed by atoms with Gasteiger partial charge in [-0.2, -0.15) is 0 Å². The van der Waals surface area contributed by atoms with Crippen molar-refractivity contribution in [2.75, 3.05) is 6.61 Å². The molecule has 0 bridgehead atoms. The zero-order valence-corrected chi connectivity index (χ0v) is 11.0. The van der Waals surface area contributed by atoms with Gasteiger partial charge >= 0.3 is 0 Å². The molecular formula is C14H21ClO. The van der Waals surface area contributed by atoms with E-state index in [1.807, 2.05) is 6.07 Å². The van der Waals surface area contributed by atoms with E-state index in [1.165, 1.54) is 17.5 Å². The van der Waals surface area contributed by atoms with Crippen LogP contribution in [0, 0.1) is 0 Å². The fourth-order valence-electron chi connectivity index (χ4n) is 1.66. The minimum absolute atomic E-state index is 0.588. The summed E-state index contributed by atoms with van der Waals surface area (Å²) in [7, 11) is 0. The van der Waals surface area contributed by atoms with Crippen molar-refractivity contribution >= 4 is 11.6 Å². The summed E-state index contributed by atoms with van der Waals surface area (Å²) in [4.78, 5) is 0. The third kappa shape index (κ3) is 4.05. The van der Waals surface area contributed by atoms with Crippen LogP contribution in [-0.2, 0) is 12.3 Å². The average Bonchev–Trinajstić information content (AvgIpc) is 2.30. The monoisotopic (exact) mass is 240 g/mol. The molecule has 1 rings (SSSR count). The molecule has 0 aromatic heterocycles. The summed E-state index contributed by atoms with van der Waals surface area (Å²) in [6.45, 7) is 5.16. The highest BCUT2D eigenvalue weighted by Gasteiger charge is 2.03. The molecule has 0 heterocycles. The molecule has 0 spiro atoms. The van der Waals surface area contributed by atoms with E-state index in [0.29, 0.717) is 5.88 Å². The smallest absolute Gasteiger partial charge is 0.119 e. The minimum atomic E-state index is 0.588. The van der Waals surface area contributed by atoms with Crippen molar-refractivity contribution in [1.29, 1.82) is 0 Å². The van der Waals surface area contributed by atoms with Crippen molar-refractivity contribution in [3.05, 3.63) is 29.3 Å². The van der Waals surface area contributed by atoms with Crippen LogP contribution in [0.4, 0.5) is 0 Å². The third-order valence-electron chi connectivity index (χ3n) is 2.61. The lowest BCUT2D eigenvalue weighted by Crippen LogP contribution is -1.98. The Balaban J connectivity index is 2.68. The molecule has 2 heteroatoms. The zero-order valence-electron chi connectivity index (χ0n) is 10.3. The number of benzene rings is 1. The van der Waals surface area contributed by atoms with Crippen LogP contribution in [0.15, 0.2) is 18.2 Å². The van der Waals surface area contributed by atoms with Crippen LogP contribution in [0.2, 0.25) is 0 Å². The van der Waals surface area contributed by atoms with Crippen molar-refractivity contribution in [2.24, 2.45) is 0 Å². The molecule has 0 aliphatic carbocycles. The molecule has 1 aromatic carbocycles. The fourth-order valence-corrected chi connectivity index (χ4v) is 1.92. The Morgan fingerprint density at radius 3 is 2.56 bits per heavy atom. The quantitative estimate of drug-likeness (QED) is 0.502. The number of rotatable bonds is 7. The van der Waals surface area contributed by atoms with Gasteiger partial charge in [0.1, 0.15) is 5.75 Å². The Morgan fingerprint density at radius 2 is 1.94 bits per heavy atom. The Hall–Kier alpha value is -0.690. The summed E-state index contributed by atoms with van der Waals surface area (Å²) in [6, 6.07) is 6.24. The van der Waals surface area contributed by atoms with E-state index in [4.69, 9.17) is 16.3 Å². The van der Waals surface area contributed by atoms with E-state index < -0.39 is 0 Å². The first-order valence-corrected chi connectivity index (χ1v) is 6.65. The number of halogens is 1. The highest BCUT2D eigenvalue weighted by molar-refractivity contribution is 6.17. The molecule has 0 atom stereocenters. The van der Waals surface area contributed by atoms with Crippen LogP contribution in [0.3, 0.4) is 0 Å². The highest BCUT2D eigenvalue weighted by Crippen LogP contribution is 2.21. The van der Waals surface area contributed by atoms with Gasteiger partial charge in [0.2, 0.25) is 0 Å². The summed E-state index contributed by atoms with van der Waals surface area (Å²) in [5.74, 6) is 1.57. The van der Waals surface area contributed by atoms with Gasteiger partial charge in [-0.25, -0.2) is 0 Å². The highest BCUT2D eigenvalue weighted by atomic mass is 35.5. The van der Waals surface area contributed by atoms with Crippen LogP contribution in [0.1, 0.15) is 44.2 Å². The van der Waals surface area contributed by atoms with E-state index in [9.17, 15) is 0 Å². The molecule has 16 heavy (non-hydrogen) atoms. The fraction of sp³-hybridized carbons (Fsp3) is 0.571.